The van der Waals surface area contributed by atoms with Crippen LogP contribution in [0.15, 0.2) is 22.7 Å². The molecule has 0 unspecified atom stereocenters. The highest BCUT2D eigenvalue weighted by Gasteiger charge is 2.12. The average Bonchev–Trinajstić information content (AvgIpc) is 2.07. The van der Waals surface area contributed by atoms with Gasteiger partial charge in [0.25, 0.3) is 10.2 Å². The van der Waals surface area contributed by atoms with Crippen molar-refractivity contribution in [2.75, 3.05) is 10.5 Å². The maximum Gasteiger partial charge on any atom is 0.299 e. The summed E-state index contributed by atoms with van der Waals surface area (Å²) < 4.78 is 28.6. The van der Waals surface area contributed by atoms with Crippen LogP contribution >= 0.6 is 15.9 Å². The predicted octanol–water partition coefficient (Wildman–Crippen LogP) is 1.69. The van der Waals surface area contributed by atoms with Crippen molar-refractivity contribution in [3.05, 3.63) is 22.7 Å². The molecule has 0 spiro atoms. The monoisotopic (exact) mass is 307 g/mol. The van der Waals surface area contributed by atoms with Crippen molar-refractivity contribution < 1.29 is 8.42 Å². The maximum absolute atomic E-state index is 11.6. The third-order valence-corrected chi connectivity index (χ3v) is 3.55. The molecule has 0 heterocycles. The van der Waals surface area contributed by atoms with Crippen molar-refractivity contribution in [3.8, 4) is 0 Å². The number of nitrogens with one attached hydrogen (secondary N) is 2. The highest BCUT2D eigenvalue weighted by Crippen LogP contribution is 2.25. The normalized spacial score (nSPS) is 11.8. The quantitative estimate of drug-likeness (QED) is 0.740. The van der Waals surface area contributed by atoms with Gasteiger partial charge in [0.2, 0.25) is 0 Å². The first-order valence-electron chi connectivity index (χ1n) is 4.65. The van der Waals surface area contributed by atoms with E-state index in [1.165, 1.54) is 0 Å². The van der Waals surface area contributed by atoms with Gasteiger partial charge in [-0.3, -0.25) is 4.72 Å². The molecule has 1 aromatic carbocycles. The average molecular weight is 308 g/mol. The first kappa shape index (κ1) is 13.3. The van der Waals surface area contributed by atoms with Crippen molar-refractivity contribution in [1.82, 2.24) is 4.72 Å². The molecule has 0 aliphatic heterocycles. The van der Waals surface area contributed by atoms with Gasteiger partial charge in [-0.2, -0.15) is 13.1 Å². The number of benzene rings is 1. The minimum atomic E-state index is -3.54. The molecule has 0 fully saturated rings. The third-order valence-electron chi connectivity index (χ3n) is 1.63. The summed E-state index contributed by atoms with van der Waals surface area (Å²) in [4.78, 5) is 0. The van der Waals surface area contributed by atoms with Crippen LogP contribution in [0.3, 0.4) is 0 Å². The first-order valence-corrected chi connectivity index (χ1v) is 6.93. The molecule has 0 bridgehead atoms. The van der Waals surface area contributed by atoms with E-state index in [1.807, 2.05) is 0 Å². The highest BCUT2D eigenvalue weighted by atomic mass is 79.9. The second-order valence-corrected chi connectivity index (χ2v) is 5.92. The molecule has 0 saturated carbocycles. The van der Waals surface area contributed by atoms with Crippen molar-refractivity contribution in [2.45, 2.75) is 19.9 Å². The van der Waals surface area contributed by atoms with E-state index >= 15 is 0 Å². The smallest absolute Gasteiger partial charge is 0.299 e. The fraction of sp³-hybridized carbons (Fsp3) is 0.333. The van der Waals surface area contributed by atoms with Gasteiger partial charge >= 0.3 is 0 Å². The molecule has 1 rings (SSSR count). The zero-order valence-corrected chi connectivity index (χ0v) is 11.4. The summed E-state index contributed by atoms with van der Waals surface area (Å²) in [5.74, 6) is 0. The van der Waals surface area contributed by atoms with Gasteiger partial charge in [-0.25, -0.2) is 0 Å². The van der Waals surface area contributed by atoms with Gasteiger partial charge in [0.05, 0.1) is 5.69 Å². The molecular formula is C9H14BrN3O2S. The van der Waals surface area contributed by atoms with Gasteiger partial charge in [-0.1, -0.05) is 0 Å². The van der Waals surface area contributed by atoms with Crippen LogP contribution in [0.2, 0.25) is 0 Å². The van der Waals surface area contributed by atoms with Gasteiger partial charge in [0, 0.05) is 16.2 Å². The summed E-state index contributed by atoms with van der Waals surface area (Å²) in [5, 5.41) is 0. The Morgan fingerprint density at radius 3 is 2.50 bits per heavy atom. The number of nitrogen functional groups attached to an aromatic ring is 1. The largest absolute Gasteiger partial charge is 0.399 e. The van der Waals surface area contributed by atoms with E-state index in [4.69, 9.17) is 5.73 Å². The number of hydrogen-bond donors (Lipinski definition) is 3. The second-order valence-electron chi connectivity index (χ2n) is 3.62. The van der Waals surface area contributed by atoms with E-state index in [1.54, 1.807) is 32.0 Å². The topological polar surface area (TPSA) is 84.2 Å². The summed E-state index contributed by atoms with van der Waals surface area (Å²) >= 11 is 3.23. The number of hydrogen-bond acceptors (Lipinski definition) is 3. The van der Waals surface area contributed by atoms with E-state index in [9.17, 15) is 8.42 Å². The number of anilines is 2. The number of nitrogens with two attached hydrogens (primary N) is 1. The van der Waals surface area contributed by atoms with Crippen molar-refractivity contribution in [3.63, 3.8) is 0 Å². The molecule has 4 N–H and O–H groups in total. The van der Waals surface area contributed by atoms with Crippen LogP contribution in [0.25, 0.3) is 0 Å². The third kappa shape index (κ3) is 3.99. The van der Waals surface area contributed by atoms with Crippen molar-refractivity contribution in [1.29, 1.82) is 0 Å². The molecule has 0 radical (unpaired) electrons. The van der Waals surface area contributed by atoms with Crippen LogP contribution in [-0.4, -0.2) is 14.5 Å². The van der Waals surface area contributed by atoms with Crippen molar-refractivity contribution in [2.24, 2.45) is 0 Å². The van der Waals surface area contributed by atoms with E-state index in [0.29, 0.717) is 15.8 Å². The molecule has 0 aromatic heterocycles. The van der Waals surface area contributed by atoms with Gasteiger partial charge in [-0.15, -0.1) is 0 Å². The Bertz CT molecular complexity index is 474. The summed E-state index contributed by atoms with van der Waals surface area (Å²) in [6.07, 6.45) is 0. The summed E-state index contributed by atoms with van der Waals surface area (Å²) in [5.41, 5.74) is 6.56. The van der Waals surface area contributed by atoms with Crippen LogP contribution in [0.4, 0.5) is 11.4 Å². The molecule has 0 aliphatic rings. The second kappa shape index (κ2) is 5.03. The lowest BCUT2D eigenvalue weighted by Gasteiger charge is -2.12. The Hall–Kier alpha value is -0.790. The Balaban J connectivity index is 2.88. The molecule has 0 aliphatic carbocycles. The van der Waals surface area contributed by atoms with E-state index < -0.39 is 10.2 Å². The van der Waals surface area contributed by atoms with Crippen LogP contribution < -0.4 is 15.2 Å². The van der Waals surface area contributed by atoms with Crippen molar-refractivity contribution >= 4 is 37.5 Å². The Morgan fingerprint density at radius 1 is 1.38 bits per heavy atom. The lowest BCUT2D eigenvalue weighted by molar-refractivity contribution is 0.575. The lowest BCUT2D eigenvalue weighted by atomic mass is 10.3. The predicted molar refractivity (Wildman–Crippen MR) is 69.4 cm³/mol. The first-order chi connectivity index (χ1) is 7.30. The molecule has 90 valence electrons. The van der Waals surface area contributed by atoms with E-state index in [-0.39, 0.29) is 6.04 Å². The molecule has 0 atom stereocenters. The molecule has 5 nitrogen and oxygen atoms in total. The van der Waals surface area contributed by atoms with Crippen LogP contribution in [-0.2, 0) is 10.2 Å². The minimum Gasteiger partial charge on any atom is -0.399 e. The van der Waals surface area contributed by atoms with Gasteiger partial charge < -0.3 is 5.73 Å². The molecule has 0 saturated heterocycles. The summed E-state index contributed by atoms with van der Waals surface area (Å²) in [7, 11) is -3.54. The SMILES string of the molecule is CC(C)NS(=O)(=O)Nc1ccc(N)cc1Br. The van der Waals surface area contributed by atoms with E-state index in [0.717, 1.165) is 0 Å². The summed E-state index contributed by atoms with van der Waals surface area (Å²) in [6, 6.07) is 4.69. The van der Waals surface area contributed by atoms with Gasteiger partial charge in [0.1, 0.15) is 0 Å². The van der Waals surface area contributed by atoms with Crippen LogP contribution in [0, 0.1) is 0 Å². The Morgan fingerprint density at radius 2 is 2.00 bits per heavy atom. The Kier molecular flexibility index (Phi) is 4.17. The maximum atomic E-state index is 11.6. The summed E-state index contributed by atoms with van der Waals surface area (Å²) in [6.45, 7) is 3.49. The number of halogens is 1. The fourth-order valence-corrected chi connectivity index (χ4v) is 2.87. The molecule has 7 heteroatoms. The highest BCUT2D eigenvalue weighted by molar-refractivity contribution is 9.10. The number of rotatable bonds is 4. The van der Waals surface area contributed by atoms with Crippen LogP contribution in [0.5, 0.6) is 0 Å². The Labute approximate surface area is 104 Å². The molecular weight excluding hydrogens is 294 g/mol. The van der Waals surface area contributed by atoms with Crippen LogP contribution in [0.1, 0.15) is 13.8 Å². The lowest BCUT2D eigenvalue weighted by Crippen LogP contribution is -2.35. The zero-order chi connectivity index (χ0) is 12.3. The fourth-order valence-electron chi connectivity index (χ4n) is 1.10. The van der Waals surface area contributed by atoms with Gasteiger partial charge in [0.15, 0.2) is 0 Å². The van der Waals surface area contributed by atoms with E-state index in [2.05, 4.69) is 25.4 Å². The standard InChI is InChI=1S/C9H14BrN3O2S/c1-6(2)12-16(14,15)13-9-4-3-7(11)5-8(9)10/h3-6,12-13H,11H2,1-2H3. The molecule has 16 heavy (non-hydrogen) atoms. The van der Waals surface area contributed by atoms with Gasteiger partial charge in [-0.05, 0) is 48.0 Å². The molecule has 1 aromatic rings. The zero-order valence-electron chi connectivity index (χ0n) is 8.99. The molecule has 0 amide bonds. The minimum absolute atomic E-state index is 0.162.